The first-order chi connectivity index (χ1) is 10.9. The first kappa shape index (κ1) is 17.7. The number of thioether (sulfide) groups is 1. The summed E-state index contributed by atoms with van der Waals surface area (Å²) in [6.45, 7) is 2.02. The predicted octanol–water partition coefficient (Wildman–Crippen LogP) is 5.51. The van der Waals surface area contributed by atoms with Crippen LogP contribution in [0.3, 0.4) is 0 Å². The molecule has 0 aromatic heterocycles. The topological polar surface area (TPSA) is 29.1 Å². The number of amides is 1. The van der Waals surface area contributed by atoms with Gasteiger partial charge >= 0.3 is 0 Å². The third-order valence-corrected chi connectivity index (χ3v) is 4.60. The van der Waals surface area contributed by atoms with Crippen LogP contribution in [0.4, 0.5) is 18.9 Å². The Hall–Kier alpha value is -1.66. The van der Waals surface area contributed by atoms with Gasteiger partial charge in [0.05, 0.1) is 5.02 Å². The van der Waals surface area contributed by atoms with E-state index in [9.17, 15) is 18.0 Å². The number of carbonyl (C=O) groups is 1. The highest BCUT2D eigenvalue weighted by molar-refractivity contribution is 7.99. The molecule has 23 heavy (non-hydrogen) atoms. The minimum absolute atomic E-state index is 0.163. The summed E-state index contributed by atoms with van der Waals surface area (Å²) in [5.74, 6) is -4.02. The highest BCUT2D eigenvalue weighted by Crippen LogP contribution is 2.29. The van der Waals surface area contributed by atoms with Gasteiger partial charge in [-0.2, -0.15) is 0 Å². The van der Waals surface area contributed by atoms with Crippen LogP contribution in [0.25, 0.3) is 0 Å². The van der Waals surface area contributed by atoms with Crippen molar-refractivity contribution in [1.82, 2.24) is 0 Å². The van der Waals surface area contributed by atoms with Crippen LogP contribution in [0.2, 0.25) is 5.02 Å². The van der Waals surface area contributed by atoms with Crippen molar-refractivity contribution >= 4 is 35.0 Å². The Labute approximate surface area is 141 Å². The van der Waals surface area contributed by atoms with Gasteiger partial charge in [0.1, 0.15) is 0 Å². The monoisotopic (exact) mass is 359 g/mol. The van der Waals surface area contributed by atoms with Crippen LogP contribution in [0.1, 0.15) is 23.7 Å². The highest BCUT2D eigenvalue weighted by atomic mass is 35.5. The Morgan fingerprint density at radius 3 is 2.43 bits per heavy atom. The summed E-state index contributed by atoms with van der Waals surface area (Å²) in [7, 11) is 0. The molecule has 0 fully saturated rings. The zero-order chi connectivity index (χ0) is 17.0. The van der Waals surface area contributed by atoms with Gasteiger partial charge in [0, 0.05) is 28.3 Å². The Morgan fingerprint density at radius 2 is 1.83 bits per heavy atom. The molecule has 0 atom stereocenters. The maximum absolute atomic E-state index is 13.2. The smallest absolute Gasteiger partial charge is 0.255 e. The van der Waals surface area contributed by atoms with Crippen molar-refractivity contribution in [3.8, 4) is 0 Å². The van der Waals surface area contributed by atoms with Crippen LogP contribution in [0.5, 0.6) is 0 Å². The van der Waals surface area contributed by atoms with E-state index in [0.29, 0.717) is 5.02 Å². The number of hydrogen-bond donors (Lipinski definition) is 1. The second kappa shape index (κ2) is 7.75. The first-order valence-corrected chi connectivity index (χ1v) is 8.17. The van der Waals surface area contributed by atoms with E-state index in [4.69, 9.17) is 11.6 Å². The molecule has 2 aromatic rings. The van der Waals surface area contributed by atoms with Gasteiger partial charge in [-0.05, 0) is 30.4 Å². The minimum atomic E-state index is -1.58. The number of benzene rings is 2. The van der Waals surface area contributed by atoms with Crippen molar-refractivity contribution < 1.29 is 18.0 Å². The fraction of sp³-hybridized carbons (Fsp3) is 0.188. The van der Waals surface area contributed by atoms with E-state index in [1.54, 1.807) is 12.1 Å². The van der Waals surface area contributed by atoms with Gasteiger partial charge in [-0.1, -0.05) is 18.5 Å². The van der Waals surface area contributed by atoms with Gasteiger partial charge < -0.3 is 5.32 Å². The lowest BCUT2D eigenvalue weighted by Crippen LogP contribution is -2.12. The molecule has 0 unspecified atom stereocenters. The fourth-order valence-corrected chi connectivity index (χ4v) is 2.92. The Balaban J connectivity index is 2.21. The predicted molar refractivity (Wildman–Crippen MR) is 86.7 cm³/mol. The van der Waals surface area contributed by atoms with Crippen molar-refractivity contribution in [2.75, 3.05) is 11.1 Å². The van der Waals surface area contributed by atoms with Crippen molar-refractivity contribution in [2.24, 2.45) is 0 Å². The molecule has 1 N–H and O–H groups in total. The molecule has 1 amide bonds. The summed E-state index contributed by atoms with van der Waals surface area (Å²) in [5.41, 5.74) is 0.127. The minimum Gasteiger partial charge on any atom is -0.322 e. The van der Waals surface area contributed by atoms with Crippen molar-refractivity contribution in [1.29, 1.82) is 0 Å². The van der Waals surface area contributed by atoms with Crippen molar-refractivity contribution in [3.63, 3.8) is 0 Å². The van der Waals surface area contributed by atoms with Crippen molar-refractivity contribution in [3.05, 3.63) is 58.4 Å². The van der Waals surface area contributed by atoms with Crippen LogP contribution in [0.15, 0.2) is 35.2 Å². The Kier molecular flexibility index (Phi) is 5.96. The molecule has 122 valence electrons. The third-order valence-electron chi connectivity index (χ3n) is 2.90. The van der Waals surface area contributed by atoms with Crippen LogP contribution in [0, 0.1) is 17.5 Å². The van der Waals surface area contributed by atoms with Crippen LogP contribution >= 0.6 is 23.4 Å². The summed E-state index contributed by atoms with van der Waals surface area (Å²) >= 11 is 7.57. The van der Waals surface area contributed by atoms with Gasteiger partial charge in [-0.25, -0.2) is 13.2 Å². The van der Waals surface area contributed by atoms with Crippen LogP contribution in [-0.4, -0.2) is 11.7 Å². The van der Waals surface area contributed by atoms with Crippen LogP contribution in [-0.2, 0) is 0 Å². The average molecular weight is 360 g/mol. The molecule has 0 aliphatic carbocycles. The first-order valence-electron chi connectivity index (χ1n) is 6.80. The second-order valence-electron chi connectivity index (χ2n) is 4.70. The van der Waals surface area contributed by atoms with E-state index in [2.05, 4.69) is 5.32 Å². The summed E-state index contributed by atoms with van der Waals surface area (Å²) in [6.07, 6.45) is 0.950. The molecule has 7 heteroatoms. The number of halogens is 4. The van der Waals surface area contributed by atoms with E-state index < -0.39 is 23.4 Å². The Morgan fingerprint density at radius 1 is 1.17 bits per heavy atom. The lowest BCUT2D eigenvalue weighted by molar-refractivity contribution is 0.102. The quantitative estimate of drug-likeness (QED) is 0.563. The summed E-state index contributed by atoms with van der Waals surface area (Å²) in [5, 5.41) is 2.86. The molecule has 2 aromatic carbocycles. The van der Waals surface area contributed by atoms with Gasteiger partial charge in [-0.15, -0.1) is 11.8 Å². The van der Waals surface area contributed by atoms with E-state index in [-0.39, 0.29) is 11.3 Å². The highest BCUT2D eigenvalue weighted by Gasteiger charge is 2.14. The molecule has 0 spiro atoms. The molecule has 0 aliphatic rings. The van der Waals surface area contributed by atoms with E-state index in [0.717, 1.165) is 29.2 Å². The summed E-state index contributed by atoms with van der Waals surface area (Å²) < 4.78 is 39.2. The normalized spacial score (nSPS) is 10.7. The standard InChI is InChI=1S/C16H13ClF3NOS/c1-2-5-23-14-6-9(3-4-11(14)17)16(22)21-10-7-12(18)15(20)13(19)8-10/h3-4,6-8H,2,5H2,1H3,(H,21,22). The number of anilines is 1. The Bertz CT molecular complexity index is 716. The average Bonchev–Trinajstić information content (AvgIpc) is 2.51. The van der Waals surface area contributed by atoms with Gasteiger partial charge in [0.15, 0.2) is 17.5 Å². The maximum Gasteiger partial charge on any atom is 0.255 e. The molecule has 0 radical (unpaired) electrons. The second-order valence-corrected chi connectivity index (χ2v) is 6.25. The van der Waals surface area contributed by atoms with Gasteiger partial charge in [0.25, 0.3) is 5.91 Å². The maximum atomic E-state index is 13.2. The molecule has 0 bridgehead atoms. The van der Waals surface area contributed by atoms with Crippen LogP contribution < -0.4 is 5.32 Å². The number of rotatable bonds is 5. The third kappa shape index (κ3) is 4.42. The lowest BCUT2D eigenvalue weighted by Gasteiger charge is -2.09. The van der Waals surface area contributed by atoms with Gasteiger partial charge in [-0.3, -0.25) is 4.79 Å². The zero-order valence-electron chi connectivity index (χ0n) is 12.1. The number of carbonyl (C=O) groups excluding carboxylic acids is 1. The zero-order valence-corrected chi connectivity index (χ0v) is 13.7. The molecule has 0 heterocycles. The number of nitrogens with one attached hydrogen (secondary N) is 1. The molecule has 2 rings (SSSR count). The summed E-state index contributed by atoms with van der Waals surface area (Å²) in [6, 6.07) is 6.14. The molecule has 2 nitrogen and oxygen atoms in total. The number of hydrogen-bond acceptors (Lipinski definition) is 2. The van der Waals surface area contributed by atoms with E-state index in [1.165, 1.54) is 17.8 Å². The van der Waals surface area contributed by atoms with E-state index >= 15 is 0 Å². The molecular weight excluding hydrogens is 347 g/mol. The molecule has 0 saturated carbocycles. The SMILES string of the molecule is CCCSc1cc(C(=O)Nc2cc(F)c(F)c(F)c2)ccc1Cl. The fourth-order valence-electron chi connectivity index (χ4n) is 1.80. The van der Waals surface area contributed by atoms with E-state index in [1.807, 2.05) is 6.92 Å². The van der Waals surface area contributed by atoms with Crippen molar-refractivity contribution in [2.45, 2.75) is 18.2 Å². The molecule has 0 saturated heterocycles. The largest absolute Gasteiger partial charge is 0.322 e. The summed E-state index contributed by atoms with van der Waals surface area (Å²) in [4.78, 5) is 12.9. The molecule has 0 aliphatic heterocycles. The molecular formula is C16H13ClF3NOS. The lowest BCUT2D eigenvalue weighted by atomic mass is 10.2. The van der Waals surface area contributed by atoms with Gasteiger partial charge in [0.2, 0.25) is 0 Å².